The molecule has 192 valence electrons. The number of furan rings is 1. The summed E-state index contributed by atoms with van der Waals surface area (Å²) in [4.78, 5) is 27.5. The number of amides is 2. The molecule has 0 aliphatic carbocycles. The van der Waals surface area contributed by atoms with Crippen LogP contribution < -0.4 is 10.6 Å². The average molecular weight is 510 g/mol. The van der Waals surface area contributed by atoms with Crippen molar-refractivity contribution in [2.45, 2.75) is 31.5 Å². The van der Waals surface area contributed by atoms with E-state index in [1.54, 1.807) is 36.4 Å². The molecule has 6 nitrogen and oxygen atoms in total. The lowest BCUT2D eigenvalue weighted by atomic mass is 10.0. The first-order chi connectivity index (χ1) is 17.7. The fraction of sp³-hybridized carbons (Fsp3) is 0.286. The van der Waals surface area contributed by atoms with Crippen molar-refractivity contribution in [3.05, 3.63) is 77.0 Å². The number of fused-ring (bicyclic) bond motifs is 1. The van der Waals surface area contributed by atoms with Crippen molar-refractivity contribution >= 4 is 29.2 Å². The van der Waals surface area contributed by atoms with Gasteiger partial charge in [0.05, 0.1) is 11.1 Å². The van der Waals surface area contributed by atoms with Crippen LogP contribution in [-0.2, 0) is 11.0 Å². The van der Waals surface area contributed by atoms with E-state index in [1.165, 1.54) is 18.6 Å². The Morgan fingerprint density at radius 1 is 1.16 bits per heavy atom. The van der Waals surface area contributed by atoms with Crippen LogP contribution in [0, 0.1) is 0 Å². The smallest absolute Gasteiger partial charge is 0.416 e. The lowest BCUT2D eigenvalue weighted by Crippen LogP contribution is -2.44. The third kappa shape index (κ3) is 5.32. The summed E-state index contributed by atoms with van der Waals surface area (Å²) in [6.07, 6.45) is 0.293. The van der Waals surface area contributed by atoms with E-state index in [0.717, 1.165) is 31.5 Å². The zero-order valence-corrected chi connectivity index (χ0v) is 20.2. The second-order valence-corrected chi connectivity index (χ2v) is 9.39. The van der Waals surface area contributed by atoms with Gasteiger partial charge in [0.1, 0.15) is 11.5 Å². The summed E-state index contributed by atoms with van der Waals surface area (Å²) in [5.41, 5.74) is 0.898. The van der Waals surface area contributed by atoms with Gasteiger partial charge in [-0.3, -0.25) is 9.59 Å². The van der Waals surface area contributed by atoms with E-state index in [9.17, 15) is 22.8 Å². The van der Waals surface area contributed by atoms with Crippen molar-refractivity contribution in [1.29, 1.82) is 0 Å². The van der Waals surface area contributed by atoms with E-state index in [1.807, 2.05) is 0 Å². The Kier molecular flexibility index (Phi) is 6.64. The van der Waals surface area contributed by atoms with Gasteiger partial charge in [-0.15, -0.1) is 0 Å². The van der Waals surface area contributed by atoms with Crippen LogP contribution >= 0.6 is 0 Å². The summed E-state index contributed by atoms with van der Waals surface area (Å²) in [6.45, 7) is 1.61. The highest BCUT2D eigenvalue weighted by atomic mass is 19.4. The summed E-state index contributed by atoms with van der Waals surface area (Å²) < 4.78 is 45.4. The third-order valence-corrected chi connectivity index (χ3v) is 6.87. The predicted molar refractivity (Wildman–Crippen MR) is 135 cm³/mol. The van der Waals surface area contributed by atoms with Crippen LogP contribution in [0.1, 0.15) is 46.5 Å². The van der Waals surface area contributed by atoms with E-state index in [4.69, 9.17) is 4.42 Å². The molecule has 5 rings (SSSR count). The number of hydrogen-bond donors (Lipinski definition) is 2. The molecule has 0 saturated carbocycles. The maximum Gasteiger partial charge on any atom is 0.416 e. The lowest BCUT2D eigenvalue weighted by Gasteiger charge is -2.32. The van der Waals surface area contributed by atoms with Gasteiger partial charge in [-0.05, 0) is 75.0 Å². The highest BCUT2D eigenvalue weighted by Crippen LogP contribution is 2.38. The number of likely N-dealkylation sites (tertiary alicyclic amines) is 1. The Bertz CT molecular complexity index is 1380. The molecule has 0 radical (unpaired) electrons. The summed E-state index contributed by atoms with van der Waals surface area (Å²) in [5.74, 6) is 0.0979. The van der Waals surface area contributed by atoms with Crippen molar-refractivity contribution < 1.29 is 27.2 Å². The number of anilines is 1. The van der Waals surface area contributed by atoms with E-state index in [0.29, 0.717) is 40.9 Å². The van der Waals surface area contributed by atoms with E-state index >= 15 is 0 Å². The number of rotatable bonds is 5. The summed E-state index contributed by atoms with van der Waals surface area (Å²) in [7, 11) is 2.07. The number of nitrogens with one attached hydrogen (secondary N) is 2. The molecule has 3 aromatic rings. The standard InChI is InChI=1S/C28H26F3N3O3/c1-34-12-3-2-7-20(34)16-32-26(35)18-6-4-5-17(13-18)25-11-9-21(37-25)15-23-22-14-19(28(29,30)31)8-10-24(22)33-27(23)36/h4-6,8-11,13-15,20H,2-3,7,12,16H2,1H3,(H,32,35)(H,33,36)/b23-15+. The first kappa shape index (κ1) is 24.8. The Balaban J connectivity index is 1.33. The fourth-order valence-corrected chi connectivity index (χ4v) is 4.76. The van der Waals surface area contributed by atoms with Crippen molar-refractivity contribution in [1.82, 2.24) is 10.2 Å². The largest absolute Gasteiger partial charge is 0.457 e. The van der Waals surface area contributed by atoms with E-state index in [2.05, 4.69) is 22.6 Å². The zero-order valence-electron chi connectivity index (χ0n) is 20.2. The van der Waals surface area contributed by atoms with Crippen molar-refractivity contribution in [3.63, 3.8) is 0 Å². The number of likely N-dealkylation sites (N-methyl/N-ethyl adjacent to an activating group) is 1. The quantitative estimate of drug-likeness (QED) is 0.435. The van der Waals surface area contributed by atoms with Crippen LogP contribution in [0.15, 0.2) is 59.0 Å². The second kappa shape index (κ2) is 9.89. The Labute approximate surface area is 212 Å². The number of carbonyl (C=O) groups excluding carboxylic acids is 2. The van der Waals surface area contributed by atoms with E-state index < -0.39 is 17.6 Å². The Morgan fingerprint density at radius 2 is 2.00 bits per heavy atom. The van der Waals surface area contributed by atoms with Gasteiger partial charge in [0.2, 0.25) is 0 Å². The number of alkyl halides is 3. The molecular formula is C28H26F3N3O3. The maximum absolute atomic E-state index is 13.2. The predicted octanol–water partition coefficient (Wildman–Crippen LogP) is 5.67. The van der Waals surface area contributed by atoms with Crippen LogP contribution in [0.25, 0.3) is 23.0 Å². The molecular weight excluding hydrogens is 483 g/mol. The molecule has 2 aromatic carbocycles. The number of nitrogens with zero attached hydrogens (tertiary/aromatic N) is 1. The maximum atomic E-state index is 13.2. The minimum absolute atomic E-state index is 0.0859. The van der Waals surface area contributed by atoms with Crippen molar-refractivity contribution in [3.8, 4) is 11.3 Å². The first-order valence-electron chi connectivity index (χ1n) is 12.1. The Hall–Kier alpha value is -3.85. The molecule has 2 N–H and O–H groups in total. The van der Waals surface area contributed by atoms with Crippen LogP contribution in [0.3, 0.4) is 0 Å². The van der Waals surface area contributed by atoms with Gasteiger partial charge in [-0.25, -0.2) is 0 Å². The molecule has 1 saturated heterocycles. The van der Waals surface area contributed by atoms with Gasteiger partial charge >= 0.3 is 6.18 Å². The van der Waals surface area contributed by atoms with Crippen LogP contribution in [0.5, 0.6) is 0 Å². The molecule has 2 amide bonds. The SMILES string of the molecule is CN1CCCCC1CNC(=O)c1cccc(-c2ccc(/C=C3/C(=O)Nc4ccc(C(F)(F)F)cc43)o2)c1. The molecule has 1 unspecified atom stereocenters. The minimum atomic E-state index is -4.52. The second-order valence-electron chi connectivity index (χ2n) is 9.39. The highest BCUT2D eigenvalue weighted by molar-refractivity contribution is 6.34. The minimum Gasteiger partial charge on any atom is -0.457 e. The number of halogens is 3. The van der Waals surface area contributed by atoms with Gasteiger partial charge in [-0.1, -0.05) is 18.6 Å². The van der Waals surface area contributed by atoms with Crippen LogP contribution in [-0.4, -0.2) is 42.9 Å². The normalized spacial score (nSPS) is 19.1. The summed E-state index contributed by atoms with van der Waals surface area (Å²) in [5, 5.41) is 5.59. The lowest BCUT2D eigenvalue weighted by molar-refractivity contribution is -0.137. The number of carbonyl (C=O) groups is 2. The number of hydrogen-bond acceptors (Lipinski definition) is 4. The van der Waals surface area contributed by atoms with Crippen molar-refractivity contribution in [2.75, 3.05) is 25.5 Å². The summed E-state index contributed by atoms with van der Waals surface area (Å²) >= 11 is 0. The highest BCUT2D eigenvalue weighted by Gasteiger charge is 2.34. The van der Waals surface area contributed by atoms with Crippen LogP contribution in [0.4, 0.5) is 18.9 Å². The zero-order chi connectivity index (χ0) is 26.2. The van der Waals surface area contributed by atoms with Gasteiger partial charge in [0.25, 0.3) is 11.8 Å². The molecule has 2 aliphatic heterocycles. The van der Waals surface area contributed by atoms with Gasteiger partial charge < -0.3 is 20.0 Å². The van der Waals surface area contributed by atoms with Gasteiger partial charge in [0, 0.05) is 35.0 Å². The molecule has 0 bridgehead atoms. The van der Waals surface area contributed by atoms with E-state index in [-0.39, 0.29) is 17.0 Å². The number of benzene rings is 2. The van der Waals surface area contributed by atoms with Crippen molar-refractivity contribution in [2.24, 2.45) is 0 Å². The molecule has 3 heterocycles. The monoisotopic (exact) mass is 509 g/mol. The average Bonchev–Trinajstić information content (AvgIpc) is 3.47. The molecule has 0 spiro atoms. The molecule has 1 atom stereocenters. The number of piperidine rings is 1. The fourth-order valence-electron chi connectivity index (χ4n) is 4.76. The Morgan fingerprint density at radius 3 is 2.78 bits per heavy atom. The molecule has 2 aliphatic rings. The third-order valence-electron chi connectivity index (χ3n) is 6.87. The molecule has 9 heteroatoms. The molecule has 1 aromatic heterocycles. The van der Waals surface area contributed by atoms with Crippen LogP contribution in [0.2, 0.25) is 0 Å². The molecule has 37 heavy (non-hydrogen) atoms. The van der Waals surface area contributed by atoms with Gasteiger partial charge in [-0.2, -0.15) is 13.2 Å². The summed E-state index contributed by atoms with van der Waals surface area (Å²) in [6, 6.07) is 13.8. The van der Waals surface area contributed by atoms with Gasteiger partial charge in [0.15, 0.2) is 0 Å². The first-order valence-corrected chi connectivity index (χ1v) is 12.1. The molecule has 1 fully saturated rings. The topological polar surface area (TPSA) is 74.6 Å².